The Kier molecular flexibility index (Phi) is 6.36. The van der Waals surface area contributed by atoms with E-state index in [-0.39, 0.29) is 0 Å². The number of benzene rings is 1. The first kappa shape index (κ1) is 12.1. The largest absolute Gasteiger partial charge is 0.494 e. The molecule has 0 spiro atoms. The highest BCUT2D eigenvalue weighted by atomic mass is 127. The van der Waals surface area contributed by atoms with Crippen LogP contribution in [0.2, 0.25) is 0 Å². The number of hydrogen-bond acceptors (Lipinski definition) is 1. The van der Waals surface area contributed by atoms with Crippen LogP contribution in [-0.2, 0) is 0 Å². The Hall–Kier alpha value is 0.0400. The lowest BCUT2D eigenvalue weighted by Crippen LogP contribution is -1.97. The molecule has 0 N–H and O–H groups in total. The van der Waals surface area contributed by atoms with Crippen LogP contribution >= 0.6 is 34.2 Å². The third kappa shape index (κ3) is 5.05. The lowest BCUT2D eigenvalue weighted by molar-refractivity contribution is 0.306. The minimum atomic E-state index is 0.754. The Morgan fingerprint density at radius 3 is 2.43 bits per heavy atom. The average molecular weight is 325 g/mol. The van der Waals surface area contributed by atoms with E-state index in [2.05, 4.69) is 34.7 Å². The number of rotatable bonds is 6. The number of unbranched alkanes of at least 4 members (excludes halogenated alkanes) is 2. The molecule has 78 valence electrons. The second kappa shape index (κ2) is 7.35. The van der Waals surface area contributed by atoms with Crippen molar-refractivity contribution in [1.82, 2.24) is 0 Å². The van der Waals surface area contributed by atoms with Crippen LogP contribution in [0.25, 0.3) is 0 Å². The summed E-state index contributed by atoms with van der Waals surface area (Å²) in [7, 11) is 0. The number of alkyl halides is 1. The topological polar surface area (TPSA) is 9.23 Å². The molecule has 0 saturated heterocycles. The van der Waals surface area contributed by atoms with Crippen molar-refractivity contribution in [2.45, 2.75) is 19.3 Å². The fourth-order valence-corrected chi connectivity index (χ4v) is 1.64. The highest BCUT2D eigenvalue weighted by Gasteiger charge is 1.93. The maximum atomic E-state index is 5.57. The molecule has 0 fully saturated rings. The molecule has 0 atom stereocenters. The van der Waals surface area contributed by atoms with Crippen LogP contribution in [0.5, 0.6) is 5.75 Å². The van der Waals surface area contributed by atoms with Gasteiger partial charge in [0.05, 0.1) is 6.61 Å². The zero-order chi connectivity index (χ0) is 10.2. The van der Waals surface area contributed by atoms with Gasteiger partial charge in [0.2, 0.25) is 0 Å². The van der Waals surface area contributed by atoms with E-state index >= 15 is 0 Å². The highest BCUT2D eigenvalue weighted by Crippen LogP contribution is 2.13. The molecule has 1 aromatic carbocycles. The number of hydrogen-bond donors (Lipinski definition) is 0. The van der Waals surface area contributed by atoms with Gasteiger partial charge in [0.1, 0.15) is 5.75 Å². The molecule has 0 bridgehead atoms. The minimum Gasteiger partial charge on any atom is -0.494 e. The molecule has 0 unspecified atom stereocenters. The molecule has 0 aliphatic heterocycles. The first-order valence-corrected chi connectivity index (χ1v) is 6.38. The predicted molar refractivity (Wildman–Crippen MR) is 69.2 cm³/mol. The molecule has 0 heterocycles. The van der Waals surface area contributed by atoms with Crippen molar-refractivity contribution >= 4 is 34.2 Å². The van der Waals surface area contributed by atoms with Crippen molar-refractivity contribution < 1.29 is 4.74 Å². The first-order valence-electron chi connectivity index (χ1n) is 4.77. The van der Waals surface area contributed by atoms with Crippen molar-refractivity contribution in [3.63, 3.8) is 0 Å². The summed E-state index contributed by atoms with van der Waals surface area (Å²) in [6.45, 7) is 0.789. The molecule has 0 saturated carbocycles. The maximum Gasteiger partial charge on any atom is 0.119 e. The van der Waals surface area contributed by atoms with Crippen LogP contribution in [0.1, 0.15) is 19.3 Å². The summed E-state index contributed by atoms with van der Waals surface area (Å²) in [5.74, 6) is 1.71. The zero-order valence-electron chi connectivity index (χ0n) is 8.01. The standard InChI is InChI=1S/C11H14ClIO/c12-8-2-1-3-9-14-11-6-4-10(13)5-7-11/h4-7H,1-3,8-9H2. The van der Waals surface area contributed by atoms with Gasteiger partial charge in [-0.3, -0.25) is 0 Å². The molecule has 1 rings (SSSR count). The van der Waals surface area contributed by atoms with Gasteiger partial charge in [-0.25, -0.2) is 0 Å². The van der Waals surface area contributed by atoms with Crippen molar-refractivity contribution in [2.75, 3.05) is 12.5 Å². The third-order valence-electron chi connectivity index (χ3n) is 1.86. The quantitative estimate of drug-likeness (QED) is 0.435. The SMILES string of the molecule is ClCCCCCOc1ccc(I)cc1. The van der Waals surface area contributed by atoms with Gasteiger partial charge in [-0.05, 0) is 66.1 Å². The van der Waals surface area contributed by atoms with Crippen molar-refractivity contribution in [1.29, 1.82) is 0 Å². The molecular formula is C11H14ClIO. The van der Waals surface area contributed by atoms with E-state index in [1.807, 2.05) is 12.1 Å². The van der Waals surface area contributed by atoms with Gasteiger partial charge in [0.15, 0.2) is 0 Å². The molecule has 1 aromatic rings. The summed E-state index contributed by atoms with van der Waals surface area (Å²) in [4.78, 5) is 0. The van der Waals surface area contributed by atoms with Crippen molar-refractivity contribution in [2.24, 2.45) is 0 Å². The average Bonchev–Trinajstić information content (AvgIpc) is 2.21. The maximum absolute atomic E-state index is 5.57. The highest BCUT2D eigenvalue weighted by molar-refractivity contribution is 14.1. The van der Waals surface area contributed by atoms with E-state index in [9.17, 15) is 0 Å². The lowest BCUT2D eigenvalue weighted by Gasteiger charge is -2.05. The lowest BCUT2D eigenvalue weighted by atomic mass is 10.3. The van der Waals surface area contributed by atoms with Gasteiger partial charge < -0.3 is 4.74 Å². The van der Waals surface area contributed by atoms with E-state index in [0.29, 0.717) is 0 Å². The van der Waals surface area contributed by atoms with E-state index in [1.165, 1.54) is 3.57 Å². The second-order valence-corrected chi connectivity index (χ2v) is 4.68. The monoisotopic (exact) mass is 324 g/mol. The van der Waals surface area contributed by atoms with Gasteiger partial charge in [-0.2, -0.15) is 0 Å². The molecule has 0 aromatic heterocycles. The predicted octanol–water partition coefficient (Wildman–Crippen LogP) is 4.08. The van der Waals surface area contributed by atoms with E-state index in [1.54, 1.807) is 0 Å². The first-order chi connectivity index (χ1) is 6.83. The van der Waals surface area contributed by atoms with E-state index < -0.39 is 0 Å². The van der Waals surface area contributed by atoms with Crippen LogP contribution in [0.3, 0.4) is 0 Å². The van der Waals surface area contributed by atoms with Gasteiger partial charge >= 0.3 is 0 Å². The van der Waals surface area contributed by atoms with Crippen molar-refractivity contribution in [3.05, 3.63) is 27.8 Å². The Bertz CT molecular complexity index is 248. The van der Waals surface area contributed by atoms with Gasteiger partial charge in [-0.15, -0.1) is 11.6 Å². The second-order valence-electron chi connectivity index (χ2n) is 3.05. The summed E-state index contributed by atoms with van der Waals surface area (Å²) in [6, 6.07) is 8.11. The summed E-state index contributed by atoms with van der Waals surface area (Å²) in [5, 5.41) is 0. The fourth-order valence-electron chi connectivity index (χ4n) is 1.09. The Morgan fingerprint density at radius 2 is 1.79 bits per heavy atom. The molecule has 3 heteroatoms. The Morgan fingerprint density at radius 1 is 1.07 bits per heavy atom. The van der Waals surface area contributed by atoms with Crippen molar-refractivity contribution in [3.8, 4) is 5.75 Å². The van der Waals surface area contributed by atoms with Gasteiger partial charge in [0.25, 0.3) is 0 Å². The molecule has 1 nitrogen and oxygen atoms in total. The molecule has 0 aliphatic carbocycles. The zero-order valence-corrected chi connectivity index (χ0v) is 10.9. The molecule has 0 aliphatic rings. The smallest absolute Gasteiger partial charge is 0.119 e. The Balaban J connectivity index is 2.15. The summed E-state index contributed by atoms with van der Waals surface area (Å²) >= 11 is 7.86. The van der Waals surface area contributed by atoms with Crippen LogP contribution in [0.4, 0.5) is 0 Å². The fraction of sp³-hybridized carbons (Fsp3) is 0.455. The van der Waals surface area contributed by atoms with Crippen LogP contribution in [-0.4, -0.2) is 12.5 Å². The van der Waals surface area contributed by atoms with E-state index in [4.69, 9.17) is 16.3 Å². The molecule has 0 amide bonds. The van der Waals surface area contributed by atoms with Crippen LogP contribution in [0.15, 0.2) is 24.3 Å². The molecule has 14 heavy (non-hydrogen) atoms. The number of ether oxygens (including phenoxy) is 1. The third-order valence-corrected chi connectivity index (χ3v) is 2.85. The summed E-state index contributed by atoms with van der Waals surface area (Å²) in [5.41, 5.74) is 0. The van der Waals surface area contributed by atoms with Gasteiger partial charge in [-0.1, -0.05) is 0 Å². The summed E-state index contributed by atoms with van der Waals surface area (Å²) < 4.78 is 6.79. The molecular weight excluding hydrogens is 310 g/mol. The van der Waals surface area contributed by atoms with Crippen LogP contribution < -0.4 is 4.74 Å². The number of halogens is 2. The normalized spacial score (nSPS) is 10.1. The van der Waals surface area contributed by atoms with Gasteiger partial charge in [0, 0.05) is 9.45 Å². The molecule has 0 radical (unpaired) electrons. The summed E-state index contributed by atoms with van der Waals surface area (Å²) in [6.07, 6.45) is 3.31. The minimum absolute atomic E-state index is 0.754. The van der Waals surface area contributed by atoms with E-state index in [0.717, 1.165) is 37.5 Å². The Labute approximate surface area is 104 Å². The van der Waals surface area contributed by atoms with Crippen LogP contribution in [0, 0.1) is 3.57 Å².